The molecule has 504 valence electrons. The number of carbonyl (C=O) groups excluding carboxylic acids is 4. The van der Waals surface area contributed by atoms with Crippen LogP contribution in [-0.2, 0) is 76.0 Å². The van der Waals surface area contributed by atoms with E-state index in [0.29, 0.717) is 50.4 Å². The van der Waals surface area contributed by atoms with Gasteiger partial charge in [-0.3, -0.25) is 14.4 Å². The van der Waals surface area contributed by atoms with E-state index >= 15 is 4.79 Å². The third-order valence-corrected chi connectivity index (χ3v) is 21.4. The minimum absolute atomic E-state index is 0.0301. The first-order valence-electron chi connectivity index (χ1n) is 32.7. The van der Waals surface area contributed by atoms with Crippen LogP contribution in [-0.4, -0.2) is 186 Å². The Bertz CT molecular complexity index is 2760. The molecule has 0 aromatic carbocycles. The van der Waals surface area contributed by atoms with Crippen LogP contribution in [0.15, 0.2) is 58.4 Å². The molecule has 0 unspecified atom stereocenters. The number of ketones is 1. The van der Waals surface area contributed by atoms with Gasteiger partial charge < -0.3 is 93.1 Å². The van der Waals surface area contributed by atoms with E-state index in [0.717, 1.165) is 5.57 Å². The molecule has 6 heterocycles. The Labute approximate surface area is 529 Å². The number of hydrogen-bond acceptors (Lipinski definition) is 22. The summed E-state index contributed by atoms with van der Waals surface area (Å²) in [5, 5.41) is 49.6. The van der Waals surface area contributed by atoms with Crippen molar-refractivity contribution in [2.75, 3.05) is 13.7 Å². The molecule has 23 nitrogen and oxygen atoms in total. The molecule has 90 heavy (non-hydrogen) atoms. The zero-order chi connectivity index (χ0) is 65.1. The molecule has 29 atom stereocenters. The van der Waals surface area contributed by atoms with Gasteiger partial charge in [0.2, 0.25) is 0 Å². The lowest BCUT2D eigenvalue weighted by molar-refractivity contribution is -0.367. The fraction of sp³-hybridized carbons (Fsp3) is 0.791. The summed E-state index contributed by atoms with van der Waals surface area (Å²) in [7, 11) is 1.28. The van der Waals surface area contributed by atoms with Gasteiger partial charge in [0.05, 0.1) is 80.3 Å². The highest BCUT2D eigenvalue weighted by atomic mass is 16.8. The van der Waals surface area contributed by atoms with Gasteiger partial charge in [-0.05, 0) is 116 Å². The highest BCUT2D eigenvalue weighted by Crippen LogP contribution is 2.61. The number of hydrogen-bond donors (Lipinski definition) is 6. The number of methoxy groups -OCH3 is 1. The Morgan fingerprint density at radius 3 is 2.07 bits per heavy atom. The van der Waals surface area contributed by atoms with Crippen LogP contribution in [0.3, 0.4) is 0 Å². The number of aliphatic hydroxyl groups excluding tert-OH is 4. The minimum Gasteiger partial charge on any atom is -0.511 e. The number of nitrogens with one attached hydrogen (secondary N) is 1. The summed E-state index contributed by atoms with van der Waals surface area (Å²) < 4.78 is 82.8. The standard InChI is InChI=1S/C67H100N2O21/c1-31-14-19-49(85-55-28-65(11,68)60(39(9)83-55)69-64(77)78-13)33(3)23-45-47(73)24-41(29-70)27-67(45)62(76)43(30-79-67)61(75)66(12)44(31)17-16-42-56(66)34(4)22-35(5)57(42)88-54-26-50(59(38(8)82-54)84-40(10)71)86-52-20-15-32(2)63(89-52)90-53-25-48(74)58(37(7)81-53)87-51-21-18-46(72)36(6)80-51/h14,16-17,23-24,29,32,34-39,42,44-60,63,72-75H,15,18-22,25-28,30,68H2,1-13H3,(H,69,77)/b31-14+,33-23+,61-43?/t32-,34-,35-,36+,37+,38+,39-,42-,44-,45+,46-,47-,48-,49-,50-,51+,52-,53-,54-,55-,56+,57-,58+,59+,60+,63+,65+,66+,67-/m0/s1. The van der Waals surface area contributed by atoms with Gasteiger partial charge in [-0.25, -0.2) is 4.79 Å². The van der Waals surface area contributed by atoms with E-state index in [4.69, 9.17) is 67.3 Å². The molecule has 23 heteroatoms. The fourth-order valence-electron chi connectivity index (χ4n) is 16.8. The highest BCUT2D eigenvalue weighted by Gasteiger charge is 2.62. The Kier molecular flexibility index (Phi) is 21.2. The van der Waals surface area contributed by atoms with Gasteiger partial charge in [0.1, 0.15) is 29.9 Å². The second-order valence-electron chi connectivity index (χ2n) is 28.2. The molecule has 0 aromatic heterocycles. The van der Waals surface area contributed by atoms with E-state index in [1.807, 2.05) is 48.5 Å². The monoisotopic (exact) mass is 1270 g/mol. The van der Waals surface area contributed by atoms with Crippen LogP contribution in [0.25, 0.3) is 0 Å². The molecular weight excluding hydrogens is 1170 g/mol. The zero-order valence-corrected chi connectivity index (χ0v) is 54.6. The van der Waals surface area contributed by atoms with E-state index in [-0.39, 0.29) is 78.8 Å². The van der Waals surface area contributed by atoms with Gasteiger partial charge in [0, 0.05) is 73.7 Å². The SMILES string of the molecule is COC(=O)N[C@@H]1[C@H](C)O[C@@H](O[C@H]2C/C=C(\C)[C@@H]3C=C[C@@H]4[C@@H](O[C@H]5C[C@H](O[C@@H]6CC[C@H](C)[C@@H](O[C@H]7C[C@H](O)[C@H](O[C@@H]8CC[C@H](O)[C@@H](C)O8)[C@@H](C)O7)O6)[C@H](OC(C)=O)[C@@H](C)O5)[C@@H](C)C[C@H](C)[C@H]4[C@]3(C)C(O)=C3CO[C@]4(CC(C=O)=C[C@H](O)[C@H]4/C=C/2C)C3=O)C[C@@]1(C)N. The van der Waals surface area contributed by atoms with E-state index in [2.05, 4.69) is 37.4 Å². The van der Waals surface area contributed by atoms with Gasteiger partial charge in [-0.2, -0.15) is 0 Å². The van der Waals surface area contributed by atoms with Gasteiger partial charge in [-0.1, -0.05) is 57.6 Å². The second-order valence-corrected chi connectivity index (χ2v) is 28.2. The van der Waals surface area contributed by atoms with Crippen molar-refractivity contribution in [2.45, 2.75) is 275 Å². The predicted molar refractivity (Wildman–Crippen MR) is 322 cm³/mol. The van der Waals surface area contributed by atoms with Gasteiger partial charge in [-0.15, -0.1) is 0 Å². The number of Topliss-reactive ketones (excluding diaryl/α,β-unsaturated/α-hetero) is 1. The Hall–Kier alpha value is -4.02. The van der Waals surface area contributed by atoms with Crippen molar-refractivity contribution in [3.8, 4) is 0 Å². The summed E-state index contributed by atoms with van der Waals surface area (Å²) in [6, 6.07) is -0.605. The largest absolute Gasteiger partial charge is 0.511 e. The maximum absolute atomic E-state index is 15.6. The first-order chi connectivity index (χ1) is 42.5. The molecule has 7 N–H and O–H groups in total. The molecule has 2 bridgehead atoms. The van der Waals surface area contributed by atoms with Gasteiger partial charge >= 0.3 is 12.1 Å². The van der Waals surface area contributed by atoms with Crippen molar-refractivity contribution >= 4 is 24.1 Å². The number of aldehydes is 1. The molecule has 7 fully saturated rings. The number of rotatable bonds is 13. The summed E-state index contributed by atoms with van der Waals surface area (Å²) >= 11 is 0. The smallest absolute Gasteiger partial charge is 0.407 e. The summed E-state index contributed by atoms with van der Waals surface area (Å²) in [6.45, 7) is 22.4. The quantitative estimate of drug-likeness (QED) is 0.0633. The maximum atomic E-state index is 15.6. The third kappa shape index (κ3) is 13.9. The predicted octanol–water partition coefficient (Wildman–Crippen LogP) is 6.72. The number of amides is 1. The summed E-state index contributed by atoms with van der Waals surface area (Å²) in [4.78, 5) is 53.3. The number of fused-ring (bicyclic) bond motifs is 4. The zero-order valence-electron chi connectivity index (χ0n) is 54.6. The number of carbonyl (C=O) groups is 4. The molecule has 1 spiro atoms. The van der Waals surface area contributed by atoms with Gasteiger partial charge in [0.25, 0.3) is 0 Å². The maximum Gasteiger partial charge on any atom is 0.407 e. The topological polar surface area (TPSA) is 307 Å². The summed E-state index contributed by atoms with van der Waals surface area (Å²) in [5.74, 6) is -3.40. The highest BCUT2D eigenvalue weighted by molar-refractivity contribution is 6.06. The molecule has 10 rings (SSSR count). The third-order valence-electron chi connectivity index (χ3n) is 21.4. The van der Waals surface area contributed by atoms with Crippen LogP contribution in [0.4, 0.5) is 4.79 Å². The summed E-state index contributed by atoms with van der Waals surface area (Å²) in [6.07, 6.45) is 0.0117. The van der Waals surface area contributed by atoms with Crippen LogP contribution in [0.5, 0.6) is 0 Å². The fourth-order valence-corrected chi connectivity index (χ4v) is 16.8. The average Bonchev–Trinajstić information content (AvgIpc) is 1.27. The van der Waals surface area contributed by atoms with Crippen molar-refractivity contribution in [3.63, 3.8) is 0 Å². The van der Waals surface area contributed by atoms with E-state index in [9.17, 15) is 34.8 Å². The number of esters is 1. The van der Waals surface area contributed by atoms with Crippen molar-refractivity contribution in [2.24, 2.45) is 52.6 Å². The first-order valence-corrected chi connectivity index (χ1v) is 32.7. The number of nitrogens with two attached hydrogens (primary N) is 1. The second kappa shape index (κ2) is 27.7. The first kappa shape index (κ1) is 68.8. The number of ether oxygens (including phenoxy) is 13. The molecule has 0 radical (unpaired) electrons. The van der Waals surface area contributed by atoms with Crippen molar-refractivity contribution < 1.29 is 101 Å². The summed E-state index contributed by atoms with van der Waals surface area (Å²) in [5.41, 5.74) is 4.86. The molecule has 0 aromatic rings. The van der Waals surface area contributed by atoms with Crippen molar-refractivity contribution in [1.82, 2.24) is 5.32 Å². The minimum atomic E-state index is -1.75. The lowest BCUT2D eigenvalue weighted by Crippen LogP contribution is -2.66. The van der Waals surface area contributed by atoms with E-state index in [1.165, 1.54) is 20.1 Å². The number of aliphatic hydroxyl groups is 4. The molecule has 6 saturated heterocycles. The lowest BCUT2D eigenvalue weighted by atomic mass is 9.49. The van der Waals surface area contributed by atoms with E-state index < -0.39 is 163 Å². The van der Waals surface area contributed by atoms with Gasteiger partial charge in [0.15, 0.2) is 49.6 Å². The van der Waals surface area contributed by atoms with Crippen LogP contribution in [0.1, 0.15) is 147 Å². The van der Waals surface area contributed by atoms with Crippen LogP contribution in [0, 0.1) is 46.8 Å². The van der Waals surface area contributed by atoms with Crippen molar-refractivity contribution in [3.05, 3.63) is 58.4 Å². The van der Waals surface area contributed by atoms with Crippen LogP contribution in [0.2, 0.25) is 0 Å². The molecule has 10 aliphatic rings. The molecular formula is C67H100N2O21. The molecule has 1 amide bonds. The average molecular weight is 1270 g/mol. The van der Waals surface area contributed by atoms with Crippen molar-refractivity contribution in [1.29, 1.82) is 0 Å². The Morgan fingerprint density at radius 1 is 0.722 bits per heavy atom. The molecule has 4 aliphatic carbocycles. The van der Waals surface area contributed by atoms with E-state index in [1.54, 1.807) is 19.9 Å². The van der Waals surface area contributed by atoms with Crippen LogP contribution < -0.4 is 11.1 Å². The van der Waals surface area contributed by atoms with Crippen LogP contribution >= 0.6 is 0 Å². The Morgan fingerprint density at radius 2 is 1.39 bits per heavy atom. The normalized spacial score (nSPS) is 48.7. The molecule has 1 saturated carbocycles. The lowest BCUT2D eigenvalue weighted by Gasteiger charge is -2.57. The Balaban J connectivity index is 0.903. The number of allylic oxidation sites excluding steroid dienone is 3. The molecule has 6 aliphatic heterocycles. The number of alkyl carbamates (subject to hydrolysis) is 1.